The summed E-state index contributed by atoms with van der Waals surface area (Å²) in [6, 6.07) is 8.11. The Morgan fingerprint density at radius 2 is 1.95 bits per heavy atom. The Balaban J connectivity index is 2.20. The summed E-state index contributed by atoms with van der Waals surface area (Å²) in [6.07, 6.45) is 0.466. The maximum absolute atomic E-state index is 10.6. The number of aromatic nitrogens is 1. The molecular formula is C16H19NO3. The van der Waals surface area contributed by atoms with Gasteiger partial charge < -0.3 is 9.52 Å². The lowest BCUT2D eigenvalue weighted by atomic mass is 10.0. The van der Waals surface area contributed by atoms with Gasteiger partial charge >= 0.3 is 5.97 Å². The topological polar surface area (TPSA) is 63.3 Å². The molecule has 0 aliphatic heterocycles. The number of benzene rings is 1. The smallest absolute Gasteiger partial charge is 0.303 e. The predicted octanol–water partition coefficient (Wildman–Crippen LogP) is 3.79. The minimum atomic E-state index is -0.824. The molecule has 20 heavy (non-hydrogen) atoms. The molecule has 1 aromatic heterocycles. The van der Waals surface area contributed by atoms with E-state index in [-0.39, 0.29) is 6.42 Å². The lowest BCUT2D eigenvalue weighted by Crippen LogP contribution is -1.98. The van der Waals surface area contributed by atoms with Crippen molar-refractivity contribution < 1.29 is 14.3 Å². The van der Waals surface area contributed by atoms with Crippen LogP contribution < -0.4 is 0 Å². The van der Waals surface area contributed by atoms with Crippen LogP contribution in [0.5, 0.6) is 0 Å². The van der Waals surface area contributed by atoms with Gasteiger partial charge in [0.1, 0.15) is 5.76 Å². The van der Waals surface area contributed by atoms with Crippen molar-refractivity contribution >= 4 is 5.97 Å². The van der Waals surface area contributed by atoms with E-state index in [4.69, 9.17) is 9.52 Å². The summed E-state index contributed by atoms with van der Waals surface area (Å²) in [5.74, 6) is 0.907. The van der Waals surface area contributed by atoms with E-state index in [1.807, 2.05) is 19.1 Å². The van der Waals surface area contributed by atoms with E-state index in [0.717, 1.165) is 11.3 Å². The Hall–Kier alpha value is -2.10. The van der Waals surface area contributed by atoms with Crippen molar-refractivity contribution in [3.8, 4) is 11.5 Å². The molecule has 1 N–H and O–H groups in total. The molecule has 106 valence electrons. The van der Waals surface area contributed by atoms with E-state index >= 15 is 0 Å². The summed E-state index contributed by atoms with van der Waals surface area (Å²) < 4.78 is 5.63. The van der Waals surface area contributed by atoms with Crippen LogP contribution in [0.15, 0.2) is 28.7 Å². The molecule has 0 amide bonds. The fraction of sp³-hybridized carbons (Fsp3) is 0.375. The average molecular weight is 273 g/mol. The molecule has 0 bridgehead atoms. The standard InChI is InChI=1S/C16H19NO3/c1-10(2)12-4-6-13(7-5-12)16-17-14(11(3)20-16)8-9-15(18)19/h4-7,10H,8-9H2,1-3H3,(H,18,19). The van der Waals surface area contributed by atoms with E-state index in [1.165, 1.54) is 5.56 Å². The zero-order chi connectivity index (χ0) is 14.7. The summed E-state index contributed by atoms with van der Waals surface area (Å²) in [4.78, 5) is 15.0. The number of aliphatic carboxylic acids is 1. The lowest BCUT2D eigenvalue weighted by Gasteiger charge is -2.04. The van der Waals surface area contributed by atoms with E-state index in [1.54, 1.807) is 0 Å². The number of nitrogens with zero attached hydrogens (tertiary/aromatic N) is 1. The third-order valence-electron chi connectivity index (χ3n) is 3.29. The molecule has 1 aromatic carbocycles. The molecule has 0 aliphatic rings. The Morgan fingerprint density at radius 1 is 1.30 bits per heavy atom. The number of carboxylic acid groups (broad SMARTS) is 1. The highest BCUT2D eigenvalue weighted by atomic mass is 16.4. The maximum Gasteiger partial charge on any atom is 0.303 e. The van der Waals surface area contributed by atoms with Crippen molar-refractivity contribution in [2.45, 2.75) is 39.5 Å². The van der Waals surface area contributed by atoms with E-state index in [2.05, 4.69) is 31.0 Å². The van der Waals surface area contributed by atoms with Crippen LogP contribution in [0.25, 0.3) is 11.5 Å². The van der Waals surface area contributed by atoms with Gasteiger partial charge in [-0.3, -0.25) is 4.79 Å². The Kier molecular flexibility index (Phi) is 4.23. The minimum absolute atomic E-state index is 0.0686. The first-order chi connectivity index (χ1) is 9.47. The Labute approximate surface area is 118 Å². The highest BCUT2D eigenvalue weighted by Crippen LogP contribution is 2.24. The van der Waals surface area contributed by atoms with Crippen LogP contribution in [0.2, 0.25) is 0 Å². The van der Waals surface area contributed by atoms with Crippen LogP contribution in [0.1, 0.15) is 43.2 Å². The van der Waals surface area contributed by atoms with Crippen LogP contribution >= 0.6 is 0 Å². The fourth-order valence-corrected chi connectivity index (χ4v) is 2.02. The highest BCUT2D eigenvalue weighted by Gasteiger charge is 2.12. The van der Waals surface area contributed by atoms with Crippen molar-refractivity contribution in [2.75, 3.05) is 0 Å². The van der Waals surface area contributed by atoms with Crippen molar-refractivity contribution in [3.05, 3.63) is 41.3 Å². The van der Waals surface area contributed by atoms with Gasteiger partial charge in [0.05, 0.1) is 12.1 Å². The van der Waals surface area contributed by atoms with Gasteiger partial charge in [0.15, 0.2) is 0 Å². The van der Waals surface area contributed by atoms with Gasteiger partial charge in [-0.2, -0.15) is 0 Å². The predicted molar refractivity (Wildman–Crippen MR) is 76.7 cm³/mol. The molecule has 4 heteroatoms. The van der Waals surface area contributed by atoms with Crippen molar-refractivity contribution in [1.82, 2.24) is 4.98 Å². The van der Waals surface area contributed by atoms with Gasteiger partial charge in [-0.25, -0.2) is 4.98 Å². The summed E-state index contributed by atoms with van der Waals surface area (Å²) in [5, 5.41) is 8.71. The molecule has 0 aliphatic carbocycles. The van der Waals surface area contributed by atoms with Gasteiger partial charge in [-0.15, -0.1) is 0 Å². The third-order valence-corrected chi connectivity index (χ3v) is 3.29. The first kappa shape index (κ1) is 14.3. The number of hydrogen-bond acceptors (Lipinski definition) is 3. The molecule has 0 fully saturated rings. The van der Waals surface area contributed by atoms with Gasteiger partial charge in [0, 0.05) is 12.0 Å². The zero-order valence-corrected chi connectivity index (χ0v) is 12.0. The summed E-state index contributed by atoms with van der Waals surface area (Å²) >= 11 is 0. The fourth-order valence-electron chi connectivity index (χ4n) is 2.02. The monoisotopic (exact) mass is 273 g/mol. The second-order valence-electron chi connectivity index (χ2n) is 5.19. The maximum atomic E-state index is 10.6. The molecule has 0 saturated heterocycles. The van der Waals surface area contributed by atoms with Crippen LogP contribution in [-0.4, -0.2) is 16.1 Å². The van der Waals surface area contributed by atoms with E-state index < -0.39 is 5.97 Å². The molecular weight excluding hydrogens is 254 g/mol. The third kappa shape index (κ3) is 3.26. The largest absolute Gasteiger partial charge is 0.481 e. The minimum Gasteiger partial charge on any atom is -0.481 e. The molecule has 0 atom stereocenters. The van der Waals surface area contributed by atoms with Crippen LogP contribution in [0, 0.1) is 6.92 Å². The number of carbonyl (C=O) groups is 1. The summed E-state index contributed by atoms with van der Waals surface area (Å²) in [6.45, 7) is 6.11. The molecule has 2 aromatic rings. The number of aryl methyl sites for hydroxylation is 2. The Bertz CT molecular complexity index is 597. The van der Waals surface area contributed by atoms with Gasteiger partial charge in [0.25, 0.3) is 0 Å². The molecule has 2 rings (SSSR count). The number of hydrogen-bond donors (Lipinski definition) is 1. The van der Waals surface area contributed by atoms with Gasteiger partial charge in [-0.1, -0.05) is 26.0 Å². The second kappa shape index (κ2) is 5.90. The van der Waals surface area contributed by atoms with E-state index in [0.29, 0.717) is 24.0 Å². The average Bonchev–Trinajstić information content (AvgIpc) is 2.78. The molecule has 0 saturated carbocycles. The number of carboxylic acids is 1. The summed E-state index contributed by atoms with van der Waals surface area (Å²) in [5.41, 5.74) is 2.90. The molecule has 0 spiro atoms. The molecule has 0 unspecified atom stereocenters. The van der Waals surface area contributed by atoms with Gasteiger partial charge in [-0.05, 0) is 30.5 Å². The number of rotatable bonds is 5. The Morgan fingerprint density at radius 3 is 2.50 bits per heavy atom. The first-order valence-electron chi connectivity index (χ1n) is 6.76. The summed E-state index contributed by atoms with van der Waals surface area (Å²) in [7, 11) is 0. The van der Waals surface area contributed by atoms with Crippen molar-refractivity contribution in [2.24, 2.45) is 0 Å². The molecule has 4 nitrogen and oxygen atoms in total. The number of oxazole rings is 1. The van der Waals surface area contributed by atoms with Crippen LogP contribution in [-0.2, 0) is 11.2 Å². The molecule has 1 heterocycles. The van der Waals surface area contributed by atoms with Gasteiger partial charge in [0.2, 0.25) is 5.89 Å². The highest BCUT2D eigenvalue weighted by molar-refractivity contribution is 5.67. The van der Waals surface area contributed by atoms with Crippen LogP contribution in [0.3, 0.4) is 0 Å². The lowest BCUT2D eigenvalue weighted by molar-refractivity contribution is -0.136. The quantitative estimate of drug-likeness (QED) is 0.900. The SMILES string of the molecule is Cc1oc(-c2ccc(C(C)C)cc2)nc1CCC(=O)O. The zero-order valence-electron chi connectivity index (χ0n) is 12.0. The first-order valence-corrected chi connectivity index (χ1v) is 6.76. The van der Waals surface area contributed by atoms with Crippen molar-refractivity contribution in [3.63, 3.8) is 0 Å². The molecule has 0 radical (unpaired) electrons. The second-order valence-corrected chi connectivity index (χ2v) is 5.19. The van der Waals surface area contributed by atoms with Crippen molar-refractivity contribution in [1.29, 1.82) is 0 Å². The van der Waals surface area contributed by atoms with E-state index in [9.17, 15) is 4.79 Å². The van der Waals surface area contributed by atoms with Crippen LogP contribution in [0.4, 0.5) is 0 Å². The normalized spacial score (nSPS) is 11.0.